The first-order chi connectivity index (χ1) is 13.6. The van der Waals surface area contributed by atoms with Crippen molar-refractivity contribution in [2.24, 2.45) is 0 Å². The van der Waals surface area contributed by atoms with Crippen molar-refractivity contribution in [3.8, 4) is 12.3 Å². The Labute approximate surface area is 166 Å². The number of sulfonamides is 1. The summed E-state index contributed by atoms with van der Waals surface area (Å²) in [6, 6.07) is 7.50. The number of hydrogen-bond donors (Lipinski definition) is 2. The molecule has 2 N–H and O–H groups in total. The Hall–Kier alpha value is -3.29. The van der Waals surface area contributed by atoms with E-state index >= 15 is 0 Å². The zero-order valence-corrected chi connectivity index (χ0v) is 15.9. The van der Waals surface area contributed by atoms with E-state index in [0.29, 0.717) is 6.07 Å². The van der Waals surface area contributed by atoms with E-state index in [0.717, 1.165) is 18.2 Å². The highest BCUT2D eigenvalue weighted by atomic mass is 32.2. The van der Waals surface area contributed by atoms with E-state index in [2.05, 4.69) is 16.0 Å². The number of hydrogen-bond acceptors (Lipinski definition) is 5. The summed E-state index contributed by atoms with van der Waals surface area (Å²) in [7, 11) is -3.92. The Bertz CT molecular complexity index is 1080. The van der Waals surface area contributed by atoms with Crippen LogP contribution in [0, 0.1) is 24.0 Å². The quantitative estimate of drug-likeness (QED) is 0.525. The van der Waals surface area contributed by atoms with E-state index in [4.69, 9.17) is 11.2 Å². The molecule has 0 radical (unpaired) electrons. The molecule has 7 nitrogen and oxygen atoms in total. The van der Waals surface area contributed by atoms with Crippen molar-refractivity contribution in [2.45, 2.75) is 17.9 Å². The molecule has 1 atom stereocenters. The summed E-state index contributed by atoms with van der Waals surface area (Å²) in [5.41, 5.74) is -0.409. The minimum atomic E-state index is -3.92. The normalized spacial score (nSPS) is 11.9. The Balaban J connectivity index is 2.08. The van der Waals surface area contributed by atoms with E-state index in [1.54, 1.807) is 0 Å². The van der Waals surface area contributed by atoms with Crippen molar-refractivity contribution in [1.82, 2.24) is 4.72 Å². The first-order valence-electron chi connectivity index (χ1n) is 8.14. The lowest BCUT2D eigenvalue weighted by Gasteiger charge is -2.14. The number of anilines is 1. The van der Waals surface area contributed by atoms with Gasteiger partial charge in [0.2, 0.25) is 10.0 Å². The smallest absolute Gasteiger partial charge is 0.338 e. The van der Waals surface area contributed by atoms with Gasteiger partial charge in [0.05, 0.1) is 22.7 Å². The fourth-order valence-electron chi connectivity index (χ4n) is 2.12. The molecule has 1 amide bonds. The summed E-state index contributed by atoms with van der Waals surface area (Å²) in [6.07, 6.45) is 3.68. The highest BCUT2D eigenvalue weighted by molar-refractivity contribution is 7.89. The predicted molar refractivity (Wildman–Crippen MR) is 100 cm³/mol. The molecule has 0 bridgehead atoms. The molecule has 0 aliphatic carbocycles. The summed E-state index contributed by atoms with van der Waals surface area (Å²) >= 11 is 0. The Morgan fingerprint density at radius 3 is 2.59 bits per heavy atom. The van der Waals surface area contributed by atoms with Crippen LogP contribution in [-0.4, -0.2) is 32.9 Å². The van der Waals surface area contributed by atoms with E-state index in [9.17, 15) is 26.8 Å². The van der Waals surface area contributed by atoms with Gasteiger partial charge < -0.3 is 10.1 Å². The highest BCUT2D eigenvalue weighted by Crippen LogP contribution is 2.16. The van der Waals surface area contributed by atoms with Gasteiger partial charge >= 0.3 is 5.97 Å². The van der Waals surface area contributed by atoms with E-state index in [-0.39, 0.29) is 22.7 Å². The maximum Gasteiger partial charge on any atom is 0.338 e. The average Bonchev–Trinajstić information content (AvgIpc) is 2.68. The first kappa shape index (κ1) is 22.0. The second-order valence-electron chi connectivity index (χ2n) is 5.72. The molecule has 0 heterocycles. The van der Waals surface area contributed by atoms with Crippen molar-refractivity contribution in [3.05, 3.63) is 59.7 Å². The minimum Gasteiger partial charge on any atom is -0.449 e. The van der Waals surface area contributed by atoms with Crippen LogP contribution in [0.1, 0.15) is 17.3 Å². The summed E-state index contributed by atoms with van der Waals surface area (Å²) < 4.78 is 57.8. The zero-order valence-electron chi connectivity index (χ0n) is 15.1. The van der Waals surface area contributed by atoms with Gasteiger partial charge in [-0.1, -0.05) is 12.0 Å². The number of carbonyl (C=O) groups excluding carboxylic acids is 2. The molecule has 2 aromatic carbocycles. The Morgan fingerprint density at radius 1 is 1.21 bits per heavy atom. The molecular formula is C19H16F2N2O5S. The van der Waals surface area contributed by atoms with Crippen molar-refractivity contribution in [3.63, 3.8) is 0 Å². The van der Waals surface area contributed by atoms with Crippen LogP contribution < -0.4 is 10.0 Å². The lowest BCUT2D eigenvalue weighted by molar-refractivity contribution is -0.123. The summed E-state index contributed by atoms with van der Waals surface area (Å²) in [5, 5.41) is 2.17. The lowest BCUT2D eigenvalue weighted by Crippen LogP contribution is -2.30. The standard InChI is InChI=1S/C19H16F2N2O5S/c1-3-9-22-29(26,27)15-6-4-5-13(10-15)19(25)28-12(2)18(24)23-17-8-7-14(20)11-16(17)21/h1,4-8,10-12,22H,9H2,2H3,(H,23,24). The number of amides is 1. The van der Waals surface area contributed by atoms with E-state index in [1.807, 2.05) is 0 Å². The maximum atomic E-state index is 13.6. The molecule has 10 heteroatoms. The maximum absolute atomic E-state index is 13.6. The second-order valence-corrected chi connectivity index (χ2v) is 7.48. The highest BCUT2D eigenvalue weighted by Gasteiger charge is 2.22. The van der Waals surface area contributed by atoms with E-state index in [1.165, 1.54) is 25.1 Å². The van der Waals surface area contributed by atoms with Crippen LogP contribution in [0.15, 0.2) is 47.4 Å². The fraction of sp³-hybridized carbons (Fsp3) is 0.158. The number of esters is 1. The van der Waals surface area contributed by atoms with Crippen LogP contribution in [0.4, 0.5) is 14.5 Å². The van der Waals surface area contributed by atoms with Gasteiger partial charge in [-0.2, -0.15) is 4.72 Å². The summed E-state index contributed by atoms with van der Waals surface area (Å²) in [5.74, 6) is -1.51. The van der Waals surface area contributed by atoms with Gasteiger partial charge in [-0.3, -0.25) is 4.79 Å². The third-order valence-electron chi connectivity index (χ3n) is 3.59. The molecule has 29 heavy (non-hydrogen) atoms. The van der Waals surface area contributed by atoms with Gasteiger partial charge in [-0.15, -0.1) is 6.42 Å². The fourth-order valence-corrected chi connectivity index (χ4v) is 3.10. The molecule has 0 spiro atoms. The number of terminal acetylenes is 1. The van der Waals surface area contributed by atoms with E-state index < -0.39 is 39.6 Å². The predicted octanol–water partition coefficient (Wildman–Crippen LogP) is 2.06. The largest absolute Gasteiger partial charge is 0.449 e. The topological polar surface area (TPSA) is 102 Å². The third-order valence-corrected chi connectivity index (χ3v) is 4.99. The number of ether oxygens (including phenoxy) is 1. The van der Waals surface area contributed by atoms with Crippen LogP contribution in [0.25, 0.3) is 0 Å². The second kappa shape index (κ2) is 9.27. The molecule has 0 aliphatic heterocycles. The number of benzene rings is 2. The molecular weight excluding hydrogens is 406 g/mol. The number of carbonyl (C=O) groups is 2. The van der Waals surface area contributed by atoms with Crippen molar-refractivity contribution in [1.29, 1.82) is 0 Å². The number of halogens is 2. The monoisotopic (exact) mass is 422 g/mol. The van der Waals surface area contributed by atoms with Crippen LogP contribution in [0.5, 0.6) is 0 Å². The minimum absolute atomic E-state index is 0.124. The summed E-state index contributed by atoms with van der Waals surface area (Å²) in [6.45, 7) is 1.01. The van der Waals surface area contributed by atoms with Crippen molar-refractivity contribution < 1.29 is 31.5 Å². The van der Waals surface area contributed by atoms with Crippen LogP contribution in [0.3, 0.4) is 0 Å². The van der Waals surface area contributed by atoms with Gasteiger partial charge in [-0.05, 0) is 37.3 Å². The summed E-state index contributed by atoms with van der Waals surface area (Å²) in [4.78, 5) is 24.1. The molecule has 0 aromatic heterocycles. The molecule has 2 rings (SSSR count). The molecule has 0 fully saturated rings. The van der Waals surface area contributed by atoms with Gasteiger partial charge in [0.15, 0.2) is 6.10 Å². The molecule has 0 saturated heterocycles. The van der Waals surface area contributed by atoms with Crippen molar-refractivity contribution >= 4 is 27.6 Å². The Kier molecular flexibility index (Phi) is 7.03. The van der Waals surface area contributed by atoms with Gasteiger partial charge in [0, 0.05) is 6.07 Å². The molecule has 152 valence electrons. The van der Waals surface area contributed by atoms with Crippen LogP contribution >= 0.6 is 0 Å². The third kappa shape index (κ3) is 5.84. The number of nitrogens with one attached hydrogen (secondary N) is 2. The molecule has 0 aliphatic rings. The SMILES string of the molecule is C#CCNS(=O)(=O)c1cccc(C(=O)OC(C)C(=O)Nc2ccc(F)cc2F)c1. The van der Waals surface area contributed by atoms with Gasteiger partial charge in [-0.25, -0.2) is 22.0 Å². The molecule has 0 saturated carbocycles. The lowest BCUT2D eigenvalue weighted by atomic mass is 10.2. The van der Waals surface area contributed by atoms with Crippen LogP contribution in [0.2, 0.25) is 0 Å². The van der Waals surface area contributed by atoms with Crippen molar-refractivity contribution in [2.75, 3.05) is 11.9 Å². The van der Waals surface area contributed by atoms with Crippen LogP contribution in [-0.2, 0) is 19.6 Å². The number of rotatable bonds is 7. The first-order valence-corrected chi connectivity index (χ1v) is 9.62. The molecule has 2 aromatic rings. The van der Waals surface area contributed by atoms with Gasteiger partial charge in [0.25, 0.3) is 5.91 Å². The molecule has 1 unspecified atom stereocenters. The average molecular weight is 422 g/mol. The van der Waals surface area contributed by atoms with Gasteiger partial charge in [0.1, 0.15) is 11.6 Å². The zero-order chi connectivity index (χ0) is 21.6. The Morgan fingerprint density at radius 2 is 1.93 bits per heavy atom.